The van der Waals surface area contributed by atoms with Crippen molar-refractivity contribution in [2.24, 2.45) is 5.92 Å². The van der Waals surface area contributed by atoms with Crippen molar-refractivity contribution in [3.05, 3.63) is 34.9 Å². The number of ether oxygens (including phenoxy) is 1. The van der Waals surface area contributed by atoms with Gasteiger partial charge in [0.2, 0.25) is 0 Å². The first-order chi connectivity index (χ1) is 9.11. The van der Waals surface area contributed by atoms with Gasteiger partial charge in [0, 0.05) is 7.11 Å². The van der Waals surface area contributed by atoms with Gasteiger partial charge in [0.05, 0.1) is 6.10 Å². The van der Waals surface area contributed by atoms with Gasteiger partial charge in [0.25, 0.3) is 0 Å². The van der Waals surface area contributed by atoms with E-state index >= 15 is 0 Å². The van der Waals surface area contributed by atoms with Gasteiger partial charge < -0.3 is 9.84 Å². The van der Waals surface area contributed by atoms with E-state index in [0.717, 1.165) is 5.56 Å². The number of rotatable bonds is 4. The van der Waals surface area contributed by atoms with Crippen molar-refractivity contribution >= 4 is 0 Å². The van der Waals surface area contributed by atoms with E-state index in [1.54, 1.807) is 7.11 Å². The lowest BCUT2D eigenvalue weighted by atomic mass is 9.81. The summed E-state index contributed by atoms with van der Waals surface area (Å²) >= 11 is 0. The molecule has 1 saturated carbocycles. The number of benzene rings is 1. The molecule has 19 heavy (non-hydrogen) atoms. The molecule has 1 aromatic rings. The van der Waals surface area contributed by atoms with Crippen LogP contribution in [-0.2, 0) is 4.74 Å². The summed E-state index contributed by atoms with van der Waals surface area (Å²) in [6, 6.07) is 6.29. The highest BCUT2D eigenvalue weighted by Gasteiger charge is 2.30. The summed E-state index contributed by atoms with van der Waals surface area (Å²) in [4.78, 5) is 0. The normalized spacial score (nSPS) is 20.2. The highest BCUT2D eigenvalue weighted by molar-refractivity contribution is 5.30. The van der Waals surface area contributed by atoms with Crippen LogP contribution in [0.5, 0.6) is 0 Å². The minimum Gasteiger partial charge on any atom is -0.386 e. The zero-order valence-electron chi connectivity index (χ0n) is 12.4. The Morgan fingerprint density at radius 3 is 2.16 bits per heavy atom. The van der Waals surface area contributed by atoms with Crippen LogP contribution >= 0.6 is 0 Å². The van der Waals surface area contributed by atoms with E-state index in [1.807, 2.05) is 0 Å². The maximum Gasteiger partial charge on any atom is 0.105 e. The average Bonchev–Trinajstić information content (AvgIpc) is 2.39. The molecule has 2 nitrogen and oxygen atoms in total. The second-order valence-corrected chi connectivity index (χ2v) is 5.96. The van der Waals surface area contributed by atoms with Gasteiger partial charge in [-0.25, -0.2) is 0 Å². The topological polar surface area (TPSA) is 29.5 Å². The average molecular weight is 262 g/mol. The van der Waals surface area contributed by atoms with Crippen molar-refractivity contribution in [3.8, 4) is 0 Å². The third-order valence-electron chi connectivity index (χ3n) is 4.28. The second-order valence-electron chi connectivity index (χ2n) is 5.96. The van der Waals surface area contributed by atoms with Crippen molar-refractivity contribution in [2.45, 2.75) is 58.2 Å². The van der Waals surface area contributed by atoms with Crippen LogP contribution in [0.2, 0.25) is 0 Å². The molecule has 2 atom stereocenters. The van der Waals surface area contributed by atoms with Crippen LogP contribution in [0, 0.1) is 19.8 Å². The first-order valence-electron chi connectivity index (χ1n) is 7.41. The zero-order valence-corrected chi connectivity index (χ0v) is 12.4. The van der Waals surface area contributed by atoms with E-state index in [2.05, 4.69) is 32.0 Å². The maximum atomic E-state index is 10.7. The van der Waals surface area contributed by atoms with Crippen LogP contribution < -0.4 is 0 Å². The van der Waals surface area contributed by atoms with Gasteiger partial charge in [-0.1, -0.05) is 48.6 Å². The molecule has 1 aliphatic carbocycles. The van der Waals surface area contributed by atoms with Crippen molar-refractivity contribution < 1.29 is 9.84 Å². The Hall–Kier alpha value is -0.860. The lowest BCUT2D eigenvalue weighted by Crippen LogP contribution is -2.31. The minimum atomic E-state index is -0.508. The second kappa shape index (κ2) is 6.53. The molecule has 0 saturated heterocycles. The third kappa shape index (κ3) is 3.58. The molecule has 1 aromatic carbocycles. The van der Waals surface area contributed by atoms with Crippen LogP contribution in [0.4, 0.5) is 0 Å². The Bertz CT molecular complexity index is 387. The smallest absolute Gasteiger partial charge is 0.105 e. The van der Waals surface area contributed by atoms with Crippen molar-refractivity contribution in [1.82, 2.24) is 0 Å². The molecule has 1 fully saturated rings. The van der Waals surface area contributed by atoms with Gasteiger partial charge in [-0.2, -0.15) is 0 Å². The Morgan fingerprint density at radius 1 is 1.05 bits per heavy atom. The van der Waals surface area contributed by atoms with Crippen LogP contribution in [0.3, 0.4) is 0 Å². The summed E-state index contributed by atoms with van der Waals surface area (Å²) in [7, 11) is 1.73. The number of hydrogen-bond acceptors (Lipinski definition) is 2. The molecule has 0 heterocycles. The highest BCUT2D eigenvalue weighted by atomic mass is 16.5. The van der Waals surface area contributed by atoms with E-state index in [4.69, 9.17) is 4.74 Å². The van der Waals surface area contributed by atoms with Gasteiger partial charge in [-0.05, 0) is 38.2 Å². The summed E-state index contributed by atoms with van der Waals surface area (Å²) < 4.78 is 5.64. The highest BCUT2D eigenvalue weighted by Crippen LogP contribution is 2.34. The first-order valence-corrected chi connectivity index (χ1v) is 7.41. The first kappa shape index (κ1) is 14.5. The predicted molar refractivity (Wildman–Crippen MR) is 78.2 cm³/mol. The fraction of sp³-hybridized carbons (Fsp3) is 0.647. The molecule has 0 aromatic heterocycles. The lowest BCUT2D eigenvalue weighted by molar-refractivity contribution is -0.0559. The summed E-state index contributed by atoms with van der Waals surface area (Å²) in [6.07, 6.45) is 5.65. The van der Waals surface area contributed by atoms with Crippen LogP contribution in [0.15, 0.2) is 18.2 Å². The molecule has 2 rings (SSSR count). The summed E-state index contributed by atoms with van der Waals surface area (Å²) in [6.45, 7) is 4.15. The van der Waals surface area contributed by atoms with Gasteiger partial charge in [0.15, 0.2) is 0 Å². The summed E-state index contributed by atoms with van der Waals surface area (Å²) in [5, 5.41) is 10.7. The van der Waals surface area contributed by atoms with Crippen molar-refractivity contribution in [2.75, 3.05) is 7.11 Å². The van der Waals surface area contributed by atoms with Gasteiger partial charge in [-0.3, -0.25) is 0 Å². The molecule has 0 bridgehead atoms. The van der Waals surface area contributed by atoms with Crippen LogP contribution in [0.25, 0.3) is 0 Å². The Balaban J connectivity index is 2.16. The molecule has 2 heteroatoms. The Labute approximate surface area is 116 Å². The van der Waals surface area contributed by atoms with E-state index in [1.165, 1.54) is 43.2 Å². The molecule has 0 amide bonds. The largest absolute Gasteiger partial charge is 0.386 e. The quantitative estimate of drug-likeness (QED) is 0.890. The molecular weight excluding hydrogens is 236 g/mol. The van der Waals surface area contributed by atoms with E-state index in [-0.39, 0.29) is 6.10 Å². The molecule has 2 unspecified atom stereocenters. The van der Waals surface area contributed by atoms with Gasteiger partial charge >= 0.3 is 0 Å². The SMILES string of the molecule is COC(C1CCCCC1)C(O)c1cc(C)cc(C)c1. The molecule has 106 valence electrons. The predicted octanol–water partition coefficient (Wildman–Crippen LogP) is 3.93. The molecule has 1 aliphatic rings. The van der Waals surface area contributed by atoms with E-state index in [9.17, 15) is 5.11 Å². The monoisotopic (exact) mass is 262 g/mol. The number of aryl methyl sites for hydroxylation is 2. The standard InChI is InChI=1S/C17H26O2/c1-12-9-13(2)11-15(10-12)16(18)17(19-3)14-7-5-4-6-8-14/h9-11,14,16-18H,4-8H2,1-3H3. The zero-order chi connectivity index (χ0) is 13.8. The third-order valence-corrected chi connectivity index (χ3v) is 4.28. The van der Waals surface area contributed by atoms with Gasteiger partial charge in [-0.15, -0.1) is 0 Å². The van der Waals surface area contributed by atoms with Crippen molar-refractivity contribution in [1.29, 1.82) is 0 Å². The lowest BCUT2D eigenvalue weighted by Gasteiger charge is -2.32. The number of aliphatic hydroxyl groups excluding tert-OH is 1. The molecule has 0 radical (unpaired) electrons. The van der Waals surface area contributed by atoms with E-state index < -0.39 is 6.10 Å². The molecule has 0 aliphatic heterocycles. The van der Waals surface area contributed by atoms with Gasteiger partial charge in [0.1, 0.15) is 6.10 Å². The van der Waals surface area contributed by atoms with Crippen LogP contribution in [-0.4, -0.2) is 18.3 Å². The molecule has 1 N–H and O–H groups in total. The summed E-state index contributed by atoms with van der Waals surface area (Å²) in [5.74, 6) is 0.495. The molecule has 0 spiro atoms. The van der Waals surface area contributed by atoms with Crippen LogP contribution in [0.1, 0.15) is 54.9 Å². The minimum absolute atomic E-state index is 0.0681. The fourth-order valence-electron chi connectivity index (χ4n) is 3.41. The van der Waals surface area contributed by atoms with Crippen molar-refractivity contribution in [3.63, 3.8) is 0 Å². The fourth-order valence-corrected chi connectivity index (χ4v) is 3.41. The Morgan fingerprint density at radius 2 is 1.63 bits per heavy atom. The Kier molecular flexibility index (Phi) is 5.00. The number of aliphatic hydroxyl groups is 1. The summed E-state index contributed by atoms with van der Waals surface area (Å²) in [5.41, 5.74) is 3.40. The number of methoxy groups -OCH3 is 1. The number of hydrogen-bond donors (Lipinski definition) is 1. The maximum absolute atomic E-state index is 10.7. The molecular formula is C17H26O2. The van der Waals surface area contributed by atoms with E-state index in [0.29, 0.717) is 5.92 Å².